The second-order valence-corrected chi connectivity index (χ2v) is 3.07. The Hall–Kier alpha value is -1.26. The van der Waals surface area contributed by atoms with Gasteiger partial charge in [-0.1, -0.05) is 13.0 Å². The first-order valence-electron chi connectivity index (χ1n) is 4.05. The number of allylic oxidation sites excluding steroid dienone is 3. The van der Waals surface area contributed by atoms with Gasteiger partial charge < -0.3 is 4.74 Å². The van der Waals surface area contributed by atoms with Crippen molar-refractivity contribution in [3.8, 4) is 0 Å². The summed E-state index contributed by atoms with van der Waals surface area (Å²) in [7, 11) is 0. The van der Waals surface area contributed by atoms with Crippen LogP contribution in [0.25, 0.3) is 0 Å². The number of ether oxygens (including phenoxy) is 1. The highest BCUT2D eigenvalue weighted by Gasteiger charge is 2.33. The minimum absolute atomic E-state index is 0.0407. The number of halogens is 3. The van der Waals surface area contributed by atoms with Crippen LogP contribution >= 0.6 is 0 Å². The van der Waals surface area contributed by atoms with Crippen molar-refractivity contribution in [2.45, 2.75) is 19.7 Å². The van der Waals surface area contributed by atoms with Gasteiger partial charge in [0.15, 0.2) is 6.29 Å². The highest BCUT2D eigenvalue weighted by Crippen LogP contribution is 2.28. The molecule has 0 heterocycles. The molecule has 1 aliphatic rings. The van der Waals surface area contributed by atoms with Crippen molar-refractivity contribution in [2.24, 2.45) is 5.92 Å². The Kier molecular flexibility index (Phi) is 2.98. The van der Waals surface area contributed by atoms with E-state index in [1.807, 2.05) is 6.92 Å². The molecule has 1 unspecified atom stereocenters. The van der Waals surface area contributed by atoms with Crippen LogP contribution in [0.3, 0.4) is 0 Å². The maximum Gasteiger partial charge on any atom is 0.573 e. The van der Waals surface area contributed by atoms with Crippen molar-refractivity contribution in [3.63, 3.8) is 0 Å². The topological polar surface area (TPSA) is 26.3 Å². The van der Waals surface area contributed by atoms with Crippen LogP contribution in [0.4, 0.5) is 13.2 Å². The van der Waals surface area contributed by atoms with Crippen molar-refractivity contribution in [1.82, 2.24) is 0 Å². The van der Waals surface area contributed by atoms with E-state index in [1.54, 1.807) is 0 Å². The van der Waals surface area contributed by atoms with E-state index in [2.05, 4.69) is 4.74 Å². The van der Waals surface area contributed by atoms with E-state index >= 15 is 0 Å². The molecule has 1 aliphatic carbocycles. The Morgan fingerprint density at radius 2 is 2.21 bits per heavy atom. The van der Waals surface area contributed by atoms with E-state index in [0.717, 1.165) is 0 Å². The van der Waals surface area contributed by atoms with E-state index in [4.69, 9.17) is 0 Å². The second-order valence-electron chi connectivity index (χ2n) is 3.07. The maximum absolute atomic E-state index is 11.8. The molecule has 0 spiro atoms. The largest absolute Gasteiger partial charge is 0.573 e. The third-order valence-electron chi connectivity index (χ3n) is 1.78. The van der Waals surface area contributed by atoms with Crippen LogP contribution in [-0.4, -0.2) is 12.6 Å². The lowest BCUT2D eigenvalue weighted by atomic mass is 9.97. The molecule has 1 rings (SSSR count). The van der Waals surface area contributed by atoms with Crippen LogP contribution in [0.5, 0.6) is 0 Å². The van der Waals surface area contributed by atoms with E-state index in [-0.39, 0.29) is 11.5 Å². The number of alkyl halides is 3. The summed E-state index contributed by atoms with van der Waals surface area (Å²) in [4.78, 5) is 10.4. The van der Waals surface area contributed by atoms with Gasteiger partial charge in [-0.3, -0.25) is 4.79 Å². The fraction of sp³-hybridized carbons (Fsp3) is 0.444. The minimum atomic E-state index is -4.74. The van der Waals surface area contributed by atoms with Crippen LogP contribution in [-0.2, 0) is 9.53 Å². The fourth-order valence-corrected chi connectivity index (χ4v) is 1.19. The smallest absolute Gasteiger partial charge is 0.405 e. The van der Waals surface area contributed by atoms with Gasteiger partial charge in [0, 0.05) is 0 Å². The summed E-state index contributed by atoms with van der Waals surface area (Å²) in [6.45, 7) is 1.81. The van der Waals surface area contributed by atoms with Crippen LogP contribution in [0.1, 0.15) is 13.3 Å². The number of rotatable bonds is 2. The first-order valence-corrected chi connectivity index (χ1v) is 4.05. The lowest BCUT2D eigenvalue weighted by Crippen LogP contribution is -2.16. The summed E-state index contributed by atoms with van der Waals surface area (Å²) < 4.78 is 39.2. The van der Waals surface area contributed by atoms with Gasteiger partial charge in [0.05, 0.1) is 5.57 Å². The van der Waals surface area contributed by atoms with Gasteiger partial charge in [0.2, 0.25) is 0 Å². The van der Waals surface area contributed by atoms with Gasteiger partial charge in [-0.05, 0) is 18.4 Å². The highest BCUT2D eigenvalue weighted by molar-refractivity contribution is 5.79. The maximum atomic E-state index is 11.8. The molecule has 5 heteroatoms. The molecule has 0 aliphatic heterocycles. The third-order valence-corrected chi connectivity index (χ3v) is 1.78. The fourth-order valence-electron chi connectivity index (χ4n) is 1.19. The standard InChI is InChI=1S/C9H9F3O2/c1-6-2-3-8(7(4-6)5-13)14-9(10,11)12/h3-6H,2H2,1H3. The van der Waals surface area contributed by atoms with E-state index in [0.29, 0.717) is 12.7 Å². The summed E-state index contributed by atoms with van der Waals surface area (Å²) in [5.74, 6) is -0.332. The number of aldehydes is 1. The zero-order valence-electron chi connectivity index (χ0n) is 7.47. The molecule has 0 aromatic carbocycles. The van der Waals surface area contributed by atoms with Gasteiger partial charge in [-0.2, -0.15) is 0 Å². The Balaban J connectivity index is 2.79. The second kappa shape index (κ2) is 3.86. The molecule has 0 amide bonds. The van der Waals surface area contributed by atoms with Crippen LogP contribution in [0.15, 0.2) is 23.5 Å². The summed E-state index contributed by atoms with van der Waals surface area (Å²) in [6.07, 6.45) is -1.18. The molecule has 0 radical (unpaired) electrons. The first-order chi connectivity index (χ1) is 6.42. The quantitative estimate of drug-likeness (QED) is 0.649. The van der Waals surface area contributed by atoms with Gasteiger partial charge in [0.1, 0.15) is 5.76 Å². The Morgan fingerprint density at radius 3 is 2.71 bits per heavy atom. The van der Waals surface area contributed by atoms with E-state index < -0.39 is 12.1 Å². The summed E-state index contributed by atoms with van der Waals surface area (Å²) in [5.41, 5.74) is -0.0407. The zero-order chi connectivity index (χ0) is 10.8. The van der Waals surface area contributed by atoms with Crippen molar-refractivity contribution < 1.29 is 22.7 Å². The van der Waals surface area contributed by atoms with Gasteiger partial charge in [0.25, 0.3) is 0 Å². The van der Waals surface area contributed by atoms with Crippen molar-refractivity contribution in [1.29, 1.82) is 0 Å². The molecule has 2 nitrogen and oxygen atoms in total. The lowest BCUT2D eigenvalue weighted by molar-refractivity contribution is -0.304. The molecular formula is C9H9F3O2. The predicted octanol–water partition coefficient (Wildman–Crippen LogP) is 2.57. The first kappa shape index (κ1) is 10.8. The highest BCUT2D eigenvalue weighted by atomic mass is 19.4. The Labute approximate surface area is 79.0 Å². The third kappa shape index (κ3) is 2.90. The van der Waals surface area contributed by atoms with Crippen molar-refractivity contribution in [2.75, 3.05) is 0 Å². The average Bonchev–Trinajstić information content (AvgIpc) is 2.06. The molecular weight excluding hydrogens is 197 g/mol. The van der Waals surface area contributed by atoms with Gasteiger partial charge in [-0.25, -0.2) is 0 Å². The SMILES string of the molecule is CC1C=C(C=O)C(OC(F)(F)F)=CC1. The molecule has 0 fully saturated rings. The Bertz CT molecular complexity index is 289. The summed E-state index contributed by atoms with van der Waals surface area (Å²) in [5, 5.41) is 0. The molecule has 0 N–H and O–H groups in total. The molecule has 0 saturated carbocycles. The summed E-state index contributed by atoms with van der Waals surface area (Å²) in [6, 6.07) is 0. The monoisotopic (exact) mass is 206 g/mol. The normalized spacial score (nSPS) is 22.4. The molecule has 1 atom stereocenters. The van der Waals surface area contributed by atoms with Crippen LogP contribution < -0.4 is 0 Å². The average molecular weight is 206 g/mol. The van der Waals surface area contributed by atoms with Crippen molar-refractivity contribution in [3.05, 3.63) is 23.5 Å². The number of carbonyl (C=O) groups excluding carboxylic acids is 1. The molecule has 0 aromatic heterocycles. The Morgan fingerprint density at radius 1 is 1.57 bits per heavy atom. The van der Waals surface area contributed by atoms with E-state index in [1.165, 1.54) is 12.2 Å². The molecule has 0 saturated heterocycles. The molecule has 0 bridgehead atoms. The molecule has 0 aromatic rings. The minimum Gasteiger partial charge on any atom is -0.405 e. The van der Waals surface area contributed by atoms with Crippen LogP contribution in [0, 0.1) is 5.92 Å². The number of hydrogen-bond acceptors (Lipinski definition) is 2. The predicted molar refractivity (Wildman–Crippen MR) is 43.2 cm³/mol. The summed E-state index contributed by atoms with van der Waals surface area (Å²) >= 11 is 0. The number of carbonyl (C=O) groups is 1. The number of hydrogen-bond donors (Lipinski definition) is 0. The molecule has 14 heavy (non-hydrogen) atoms. The zero-order valence-corrected chi connectivity index (χ0v) is 7.47. The molecule has 78 valence electrons. The lowest BCUT2D eigenvalue weighted by Gasteiger charge is -2.17. The van der Waals surface area contributed by atoms with E-state index in [9.17, 15) is 18.0 Å². The van der Waals surface area contributed by atoms with Crippen molar-refractivity contribution >= 4 is 6.29 Å². The van der Waals surface area contributed by atoms with Gasteiger partial charge >= 0.3 is 6.36 Å². The van der Waals surface area contributed by atoms with Gasteiger partial charge in [-0.15, -0.1) is 13.2 Å². The van der Waals surface area contributed by atoms with Crippen LogP contribution in [0.2, 0.25) is 0 Å².